The molecule has 1 N–H and O–H groups in total. The predicted molar refractivity (Wildman–Crippen MR) is 103 cm³/mol. The Morgan fingerprint density at radius 2 is 1.62 bits per heavy atom. The van der Waals surface area contributed by atoms with E-state index in [4.69, 9.17) is 4.52 Å². The number of imide groups is 1. The second kappa shape index (κ2) is 7.67. The summed E-state index contributed by atoms with van der Waals surface area (Å²) in [6, 6.07) is 14.2. The fourth-order valence-corrected chi connectivity index (χ4v) is 3.18. The summed E-state index contributed by atoms with van der Waals surface area (Å²) in [6.07, 6.45) is 0.340. The van der Waals surface area contributed by atoms with E-state index in [0.717, 1.165) is 16.0 Å². The first-order valence-corrected chi connectivity index (χ1v) is 9.15. The molecule has 0 saturated carbocycles. The first-order chi connectivity index (χ1) is 14.0. The maximum atomic E-state index is 12.3. The molecule has 0 saturated heterocycles. The lowest BCUT2D eigenvalue weighted by molar-refractivity contribution is -0.121. The van der Waals surface area contributed by atoms with Crippen molar-refractivity contribution in [2.45, 2.75) is 13.3 Å². The summed E-state index contributed by atoms with van der Waals surface area (Å²) in [4.78, 5) is 42.1. The van der Waals surface area contributed by atoms with Crippen LogP contribution in [0.1, 0.15) is 32.2 Å². The minimum Gasteiger partial charge on any atom is -0.354 e. The summed E-state index contributed by atoms with van der Waals surface area (Å²) in [5, 5.41) is 6.65. The molecule has 3 amide bonds. The molecule has 0 radical (unpaired) electrons. The van der Waals surface area contributed by atoms with Gasteiger partial charge in [-0.3, -0.25) is 19.3 Å². The van der Waals surface area contributed by atoms with Crippen molar-refractivity contribution in [2.75, 3.05) is 13.1 Å². The van der Waals surface area contributed by atoms with Gasteiger partial charge in [-0.2, -0.15) is 4.98 Å². The monoisotopic (exact) mass is 390 g/mol. The molecule has 146 valence electrons. The summed E-state index contributed by atoms with van der Waals surface area (Å²) in [5.74, 6) is -0.459. The van der Waals surface area contributed by atoms with E-state index in [-0.39, 0.29) is 13.1 Å². The SMILES string of the molecule is Cc1ccccc1-c1noc(CCNC(=O)CN2C(=O)c3ccccc3C2=O)n1. The normalized spacial score (nSPS) is 12.9. The summed E-state index contributed by atoms with van der Waals surface area (Å²) in [7, 11) is 0. The Hall–Kier alpha value is -3.81. The number of nitrogens with one attached hydrogen (secondary N) is 1. The highest BCUT2D eigenvalue weighted by Gasteiger charge is 2.36. The maximum absolute atomic E-state index is 12.3. The van der Waals surface area contributed by atoms with Gasteiger partial charge in [0.15, 0.2) is 0 Å². The lowest BCUT2D eigenvalue weighted by Crippen LogP contribution is -2.40. The van der Waals surface area contributed by atoms with Crippen molar-refractivity contribution >= 4 is 17.7 Å². The number of aromatic nitrogens is 2. The molecule has 1 aliphatic heterocycles. The van der Waals surface area contributed by atoms with Gasteiger partial charge < -0.3 is 9.84 Å². The van der Waals surface area contributed by atoms with Crippen molar-refractivity contribution in [3.8, 4) is 11.4 Å². The largest absolute Gasteiger partial charge is 0.354 e. The lowest BCUT2D eigenvalue weighted by Gasteiger charge is -2.13. The molecule has 8 nitrogen and oxygen atoms in total. The average molecular weight is 390 g/mol. The van der Waals surface area contributed by atoms with Gasteiger partial charge in [0.2, 0.25) is 17.6 Å². The van der Waals surface area contributed by atoms with Crippen molar-refractivity contribution in [3.05, 3.63) is 71.1 Å². The predicted octanol–water partition coefficient (Wildman–Crippen LogP) is 2.00. The quantitative estimate of drug-likeness (QED) is 0.646. The fourth-order valence-electron chi connectivity index (χ4n) is 3.18. The average Bonchev–Trinajstić information content (AvgIpc) is 3.28. The van der Waals surface area contributed by atoms with E-state index >= 15 is 0 Å². The molecule has 0 fully saturated rings. The molecule has 8 heteroatoms. The number of nitrogens with zero attached hydrogens (tertiary/aromatic N) is 3. The van der Waals surface area contributed by atoms with Crippen LogP contribution in [-0.4, -0.2) is 45.9 Å². The second-order valence-electron chi connectivity index (χ2n) is 6.67. The summed E-state index contributed by atoms with van der Waals surface area (Å²) in [5.41, 5.74) is 2.56. The van der Waals surface area contributed by atoms with Crippen LogP contribution in [0.3, 0.4) is 0 Å². The van der Waals surface area contributed by atoms with Crippen LogP contribution in [-0.2, 0) is 11.2 Å². The van der Waals surface area contributed by atoms with E-state index in [1.165, 1.54) is 0 Å². The van der Waals surface area contributed by atoms with Crippen LogP contribution in [0, 0.1) is 6.92 Å². The molecule has 4 rings (SSSR count). The third-order valence-electron chi connectivity index (χ3n) is 4.69. The van der Waals surface area contributed by atoms with Crippen LogP contribution in [0.15, 0.2) is 53.1 Å². The highest BCUT2D eigenvalue weighted by Crippen LogP contribution is 2.22. The Kier molecular flexibility index (Phi) is 4.90. The Morgan fingerprint density at radius 1 is 1.00 bits per heavy atom. The van der Waals surface area contributed by atoms with Crippen LogP contribution >= 0.6 is 0 Å². The van der Waals surface area contributed by atoms with Crippen molar-refractivity contribution in [3.63, 3.8) is 0 Å². The fraction of sp³-hybridized carbons (Fsp3) is 0.190. The molecule has 1 aliphatic rings. The molecule has 2 heterocycles. The van der Waals surface area contributed by atoms with Crippen LogP contribution in [0.4, 0.5) is 0 Å². The number of rotatable bonds is 6. The van der Waals surface area contributed by atoms with Crippen LogP contribution in [0.5, 0.6) is 0 Å². The number of amides is 3. The summed E-state index contributed by atoms with van der Waals surface area (Å²) < 4.78 is 5.23. The summed E-state index contributed by atoms with van der Waals surface area (Å²) in [6.45, 7) is 1.88. The number of fused-ring (bicyclic) bond motifs is 1. The van der Waals surface area contributed by atoms with Gasteiger partial charge in [-0.15, -0.1) is 0 Å². The molecule has 29 heavy (non-hydrogen) atoms. The Morgan fingerprint density at radius 3 is 2.28 bits per heavy atom. The topological polar surface area (TPSA) is 105 Å². The van der Waals surface area contributed by atoms with E-state index in [0.29, 0.717) is 29.3 Å². The molecular weight excluding hydrogens is 372 g/mol. The minimum absolute atomic E-state index is 0.247. The number of hydrogen-bond donors (Lipinski definition) is 1. The Labute approximate surface area is 166 Å². The zero-order chi connectivity index (χ0) is 20.4. The van der Waals surface area contributed by atoms with Gasteiger partial charge in [0.25, 0.3) is 11.8 Å². The van der Waals surface area contributed by atoms with Crippen LogP contribution in [0.2, 0.25) is 0 Å². The van der Waals surface area contributed by atoms with Gasteiger partial charge in [-0.05, 0) is 24.6 Å². The maximum Gasteiger partial charge on any atom is 0.262 e. The van der Waals surface area contributed by atoms with Crippen molar-refractivity contribution in [1.29, 1.82) is 0 Å². The van der Waals surface area contributed by atoms with E-state index in [9.17, 15) is 14.4 Å². The zero-order valence-electron chi connectivity index (χ0n) is 15.7. The van der Waals surface area contributed by atoms with Gasteiger partial charge >= 0.3 is 0 Å². The van der Waals surface area contributed by atoms with E-state index in [1.54, 1.807) is 24.3 Å². The highest BCUT2D eigenvalue weighted by molar-refractivity contribution is 6.22. The number of hydrogen-bond acceptors (Lipinski definition) is 6. The van der Waals surface area contributed by atoms with E-state index in [2.05, 4.69) is 15.5 Å². The van der Waals surface area contributed by atoms with Gasteiger partial charge in [0.1, 0.15) is 6.54 Å². The van der Waals surface area contributed by atoms with Crippen LogP contribution in [0.25, 0.3) is 11.4 Å². The molecule has 0 spiro atoms. The molecular formula is C21H18N4O4. The number of carbonyl (C=O) groups is 3. The first kappa shape index (κ1) is 18.5. The number of benzene rings is 2. The summed E-state index contributed by atoms with van der Waals surface area (Å²) >= 11 is 0. The van der Waals surface area contributed by atoms with Gasteiger partial charge in [0.05, 0.1) is 11.1 Å². The van der Waals surface area contributed by atoms with E-state index in [1.807, 2.05) is 31.2 Å². The van der Waals surface area contributed by atoms with E-state index < -0.39 is 17.7 Å². The second-order valence-corrected chi connectivity index (χ2v) is 6.67. The van der Waals surface area contributed by atoms with Crippen molar-refractivity contribution < 1.29 is 18.9 Å². The molecule has 0 bridgehead atoms. The van der Waals surface area contributed by atoms with Gasteiger partial charge in [-0.25, -0.2) is 0 Å². The minimum atomic E-state index is -0.458. The zero-order valence-corrected chi connectivity index (χ0v) is 15.7. The van der Waals surface area contributed by atoms with Crippen molar-refractivity contribution in [2.24, 2.45) is 0 Å². The standard InChI is InChI=1S/C21H18N4O4/c1-13-6-2-3-7-14(13)19-23-18(29-24-19)10-11-22-17(26)12-25-20(27)15-8-4-5-9-16(15)21(25)28/h2-9H,10-12H2,1H3,(H,22,26). The molecule has 0 unspecified atom stereocenters. The molecule has 1 aromatic heterocycles. The molecule has 0 atom stereocenters. The van der Waals surface area contributed by atoms with Crippen molar-refractivity contribution in [1.82, 2.24) is 20.4 Å². The molecule has 0 aliphatic carbocycles. The number of aryl methyl sites for hydroxylation is 1. The highest BCUT2D eigenvalue weighted by atomic mass is 16.5. The molecule has 3 aromatic rings. The first-order valence-electron chi connectivity index (χ1n) is 9.15. The van der Waals surface area contributed by atoms with Gasteiger partial charge in [0, 0.05) is 18.5 Å². The van der Waals surface area contributed by atoms with Crippen LogP contribution < -0.4 is 5.32 Å². The van der Waals surface area contributed by atoms with Gasteiger partial charge in [-0.1, -0.05) is 41.6 Å². The third-order valence-corrected chi connectivity index (χ3v) is 4.69. The lowest BCUT2D eigenvalue weighted by atomic mass is 10.1. The molecule has 2 aromatic carbocycles. The Balaban J connectivity index is 1.31. The third kappa shape index (κ3) is 3.64. The smallest absolute Gasteiger partial charge is 0.262 e. The number of carbonyl (C=O) groups excluding carboxylic acids is 3. The Bertz CT molecular complexity index is 1070.